The predicted molar refractivity (Wildman–Crippen MR) is 104 cm³/mol. The summed E-state index contributed by atoms with van der Waals surface area (Å²) >= 11 is 6.15. The number of hydrogen-bond acceptors (Lipinski definition) is 4. The minimum atomic E-state index is 0. The van der Waals surface area contributed by atoms with Gasteiger partial charge < -0.3 is 15.1 Å². The fourth-order valence-electron chi connectivity index (χ4n) is 2.71. The van der Waals surface area contributed by atoms with E-state index in [1.54, 1.807) is 6.20 Å². The fraction of sp³-hybridized carbons (Fsp3) is 0.412. The van der Waals surface area contributed by atoms with E-state index in [2.05, 4.69) is 15.6 Å². The van der Waals surface area contributed by atoms with Crippen LogP contribution in [0, 0.1) is 0 Å². The molecule has 1 aromatic heterocycles. The zero-order valence-corrected chi connectivity index (χ0v) is 16.1. The maximum Gasteiger partial charge on any atom is 0.220 e. The van der Waals surface area contributed by atoms with Crippen LogP contribution in [0.4, 0.5) is 0 Å². The zero-order valence-electron chi connectivity index (χ0n) is 13.7. The lowest BCUT2D eigenvalue weighted by Crippen LogP contribution is -2.45. The number of oxazole rings is 1. The highest BCUT2D eigenvalue weighted by atomic mass is 35.5. The normalized spacial score (nSPS) is 16.4. The van der Waals surface area contributed by atoms with Gasteiger partial charge in [0.2, 0.25) is 5.91 Å². The van der Waals surface area contributed by atoms with Crippen LogP contribution in [0.15, 0.2) is 34.9 Å². The second-order valence-corrected chi connectivity index (χ2v) is 6.12. The van der Waals surface area contributed by atoms with Crippen LogP contribution in [-0.2, 0) is 11.2 Å². The summed E-state index contributed by atoms with van der Waals surface area (Å²) < 4.78 is 5.70. The summed E-state index contributed by atoms with van der Waals surface area (Å²) in [4.78, 5) is 16.2. The van der Waals surface area contributed by atoms with Crippen molar-refractivity contribution in [2.45, 2.75) is 31.7 Å². The van der Waals surface area contributed by atoms with Crippen molar-refractivity contribution in [3.63, 3.8) is 0 Å². The molecule has 1 amide bonds. The van der Waals surface area contributed by atoms with E-state index in [9.17, 15) is 4.79 Å². The van der Waals surface area contributed by atoms with Gasteiger partial charge in [-0.25, -0.2) is 4.98 Å². The quantitative estimate of drug-likeness (QED) is 0.795. The molecule has 0 radical (unpaired) electrons. The topological polar surface area (TPSA) is 67.2 Å². The SMILES string of the molecule is Cl.Cl.O=C(CCc1ncc(-c2ccccc2Cl)o1)NC1CCCNC1. The van der Waals surface area contributed by atoms with E-state index in [-0.39, 0.29) is 36.8 Å². The summed E-state index contributed by atoms with van der Waals surface area (Å²) in [6.07, 6.45) is 4.65. The van der Waals surface area contributed by atoms with E-state index in [4.69, 9.17) is 16.0 Å². The van der Waals surface area contributed by atoms with Crippen LogP contribution in [0.3, 0.4) is 0 Å². The van der Waals surface area contributed by atoms with Gasteiger partial charge in [-0.05, 0) is 31.5 Å². The van der Waals surface area contributed by atoms with Crippen LogP contribution in [0.25, 0.3) is 11.3 Å². The number of carbonyl (C=O) groups is 1. The fourth-order valence-corrected chi connectivity index (χ4v) is 2.94. The highest BCUT2D eigenvalue weighted by Crippen LogP contribution is 2.28. The molecule has 0 spiro atoms. The molecule has 1 aliphatic rings. The van der Waals surface area contributed by atoms with Gasteiger partial charge in [-0.1, -0.05) is 23.7 Å². The molecular formula is C17H22Cl3N3O2. The standard InChI is InChI=1S/C17H20ClN3O2.2ClH/c18-14-6-2-1-5-13(14)15-11-20-17(23-15)8-7-16(22)21-12-4-3-9-19-10-12;;/h1-2,5-6,11-12,19H,3-4,7-10H2,(H,21,22);2*1H. The average Bonchev–Trinajstić information content (AvgIpc) is 3.03. The van der Waals surface area contributed by atoms with Gasteiger partial charge >= 0.3 is 0 Å². The van der Waals surface area contributed by atoms with Crippen LogP contribution >= 0.6 is 36.4 Å². The van der Waals surface area contributed by atoms with Gasteiger partial charge in [0.05, 0.1) is 11.2 Å². The maximum absolute atomic E-state index is 12.0. The molecule has 8 heteroatoms. The van der Waals surface area contributed by atoms with E-state index in [1.165, 1.54) is 0 Å². The molecule has 0 bridgehead atoms. The van der Waals surface area contributed by atoms with Crippen molar-refractivity contribution in [3.8, 4) is 11.3 Å². The second kappa shape index (κ2) is 10.7. The molecule has 3 rings (SSSR count). The number of nitrogens with zero attached hydrogens (tertiary/aromatic N) is 1. The molecule has 2 aromatic rings. The Kier molecular flexibility index (Phi) is 9.28. The summed E-state index contributed by atoms with van der Waals surface area (Å²) in [5, 5.41) is 6.95. The molecule has 5 nitrogen and oxygen atoms in total. The first-order valence-electron chi connectivity index (χ1n) is 7.92. The van der Waals surface area contributed by atoms with E-state index < -0.39 is 0 Å². The van der Waals surface area contributed by atoms with Crippen molar-refractivity contribution < 1.29 is 9.21 Å². The first-order chi connectivity index (χ1) is 11.2. The number of piperidine rings is 1. The van der Waals surface area contributed by atoms with Crippen molar-refractivity contribution in [2.24, 2.45) is 0 Å². The third-order valence-corrected chi connectivity index (χ3v) is 4.25. The van der Waals surface area contributed by atoms with Crippen molar-refractivity contribution in [2.75, 3.05) is 13.1 Å². The number of halogens is 3. The van der Waals surface area contributed by atoms with E-state index in [0.29, 0.717) is 29.5 Å². The van der Waals surface area contributed by atoms with Gasteiger partial charge in [0.25, 0.3) is 0 Å². The zero-order chi connectivity index (χ0) is 16.1. The minimum absolute atomic E-state index is 0. The average molecular weight is 407 g/mol. The number of benzene rings is 1. The number of amides is 1. The molecule has 0 saturated carbocycles. The number of rotatable bonds is 5. The first-order valence-corrected chi connectivity index (χ1v) is 8.30. The van der Waals surface area contributed by atoms with Crippen molar-refractivity contribution in [3.05, 3.63) is 41.4 Å². The Morgan fingerprint density at radius 2 is 2.16 bits per heavy atom. The summed E-state index contributed by atoms with van der Waals surface area (Å²) in [5.41, 5.74) is 0.811. The number of nitrogens with one attached hydrogen (secondary N) is 2. The van der Waals surface area contributed by atoms with Crippen LogP contribution in [0.5, 0.6) is 0 Å². The molecule has 2 heterocycles. The van der Waals surface area contributed by atoms with Crippen molar-refractivity contribution >= 4 is 42.3 Å². The highest BCUT2D eigenvalue weighted by molar-refractivity contribution is 6.33. The number of aromatic nitrogens is 1. The Hall–Kier alpha value is -1.27. The Morgan fingerprint density at radius 1 is 1.36 bits per heavy atom. The molecule has 1 aliphatic heterocycles. The summed E-state index contributed by atoms with van der Waals surface area (Å²) in [7, 11) is 0. The van der Waals surface area contributed by atoms with Gasteiger partial charge in [-0.3, -0.25) is 4.79 Å². The van der Waals surface area contributed by atoms with Gasteiger partial charge in [0, 0.05) is 31.0 Å². The van der Waals surface area contributed by atoms with Crippen molar-refractivity contribution in [1.82, 2.24) is 15.6 Å². The smallest absolute Gasteiger partial charge is 0.220 e. The number of carbonyl (C=O) groups excluding carboxylic acids is 1. The highest BCUT2D eigenvalue weighted by Gasteiger charge is 2.16. The number of hydrogen-bond donors (Lipinski definition) is 2. The van der Waals surface area contributed by atoms with Crippen LogP contribution in [-0.4, -0.2) is 30.0 Å². The summed E-state index contributed by atoms with van der Waals surface area (Å²) in [6, 6.07) is 7.70. The van der Waals surface area contributed by atoms with Crippen LogP contribution in [0.1, 0.15) is 25.2 Å². The second-order valence-electron chi connectivity index (χ2n) is 5.71. The molecule has 2 N–H and O–H groups in total. The third-order valence-electron chi connectivity index (χ3n) is 3.92. The molecule has 1 aromatic carbocycles. The van der Waals surface area contributed by atoms with E-state index in [1.807, 2.05) is 24.3 Å². The monoisotopic (exact) mass is 405 g/mol. The minimum Gasteiger partial charge on any atom is -0.441 e. The lowest BCUT2D eigenvalue weighted by atomic mass is 10.1. The van der Waals surface area contributed by atoms with E-state index in [0.717, 1.165) is 31.5 Å². The third kappa shape index (κ3) is 6.19. The molecule has 1 fully saturated rings. The Morgan fingerprint density at radius 3 is 2.88 bits per heavy atom. The van der Waals surface area contributed by atoms with Crippen molar-refractivity contribution in [1.29, 1.82) is 0 Å². The van der Waals surface area contributed by atoms with Gasteiger partial charge in [-0.15, -0.1) is 24.8 Å². The van der Waals surface area contributed by atoms with Gasteiger partial charge in [0.1, 0.15) is 0 Å². The molecule has 1 atom stereocenters. The summed E-state index contributed by atoms with van der Waals surface area (Å²) in [5.74, 6) is 1.22. The van der Waals surface area contributed by atoms with Gasteiger partial charge in [0.15, 0.2) is 11.7 Å². The van der Waals surface area contributed by atoms with Gasteiger partial charge in [-0.2, -0.15) is 0 Å². The van der Waals surface area contributed by atoms with E-state index >= 15 is 0 Å². The lowest BCUT2D eigenvalue weighted by molar-refractivity contribution is -0.121. The lowest BCUT2D eigenvalue weighted by Gasteiger charge is -2.23. The Bertz CT molecular complexity index is 673. The molecule has 0 aliphatic carbocycles. The largest absolute Gasteiger partial charge is 0.441 e. The molecule has 25 heavy (non-hydrogen) atoms. The molecular weight excluding hydrogens is 385 g/mol. The molecule has 1 saturated heterocycles. The van der Waals surface area contributed by atoms with Crippen LogP contribution in [0.2, 0.25) is 5.02 Å². The first kappa shape index (κ1) is 21.8. The summed E-state index contributed by atoms with van der Waals surface area (Å²) in [6.45, 7) is 1.88. The molecule has 138 valence electrons. The molecule has 1 unspecified atom stereocenters. The predicted octanol–water partition coefficient (Wildman–Crippen LogP) is 3.64. The Balaban J connectivity index is 0.00000156. The maximum atomic E-state index is 12.0. The Labute approximate surface area is 164 Å². The number of aryl methyl sites for hydroxylation is 1. The van der Waals surface area contributed by atoms with Crippen LogP contribution < -0.4 is 10.6 Å².